The minimum absolute atomic E-state index is 0.642. The highest BCUT2D eigenvalue weighted by Crippen LogP contribution is 2.30. The zero-order chi connectivity index (χ0) is 19.2. The zero-order valence-electron chi connectivity index (χ0n) is 15.9. The molecule has 1 aliphatic rings. The summed E-state index contributed by atoms with van der Waals surface area (Å²) in [4.78, 5) is 0. The second-order valence-electron chi connectivity index (χ2n) is 7.05. The average molecular weight is 397 g/mol. The molecule has 0 aliphatic carbocycles. The maximum atomic E-state index is 6.44. The van der Waals surface area contributed by atoms with Crippen LogP contribution in [0.4, 0.5) is 0 Å². The van der Waals surface area contributed by atoms with Gasteiger partial charge in [-0.05, 0) is 37.1 Å². The van der Waals surface area contributed by atoms with Crippen LogP contribution in [0.25, 0.3) is 0 Å². The van der Waals surface area contributed by atoms with E-state index in [4.69, 9.17) is 16.3 Å². The second-order valence-corrected chi connectivity index (χ2v) is 7.46. The lowest BCUT2D eigenvalue weighted by Gasteiger charge is -2.14. The van der Waals surface area contributed by atoms with Crippen LogP contribution in [0.15, 0.2) is 48.5 Å². The van der Waals surface area contributed by atoms with E-state index in [9.17, 15) is 0 Å². The Hall–Kier alpha value is -2.37. The molecular weight excluding hydrogens is 372 g/mol. The van der Waals surface area contributed by atoms with E-state index in [1.54, 1.807) is 0 Å². The van der Waals surface area contributed by atoms with E-state index in [2.05, 4.69) is 20.1 Å². The minimum atomic E-state index is 0.642. The first kappa shape index (κ1) is 19.0. The highest BCUT2D eigenvalue weighted by Gasteiger charge is 2.14. The molecule has 4 rings (SSSR count). The van der Waals surface area contributed by atoms with Crippen molar-refractivity contribution in [1.29, 1.82) is 0 Å². The largest absolute Gasteiger partial charge is 0.457 e. The van der Waals surface area contributed by atoms with E-state index in [1.165, 1.54) is 19.3 Å². The summed E-state index contributed by atoms with van der Waals surface area (Å²) in [5.41, 5.74) is 0.966. The summed E-state index contributed by atoms with van der Waals surface area (Å²) in [5, 5.41) is 13.0. The summed E-state index contributed by atoms with van der Waals surface area (Å²) in [6.45, 7) is 2.49. The van der Waals surface area contributed by atoms with Gasteiger partial charge < -0.3 is 14.6 Å². The Labute approximate surface area is 170 Å². The molecule has 3 aromatic rings. The van der Waals surface area contributed by atoms with Crippen LogP contribution in [0.2, 0.25) is 5.02 Å². The molecule has 0 fully saturated rings. The summed E-state index contributed by atoms with van der Waals surface area (Å²) >= 11 is 6.44. The van der Waals surface area contributed by atoms with Gasteiger partial charge in [0, 0.05) is 43.1 Å². The van der Waals surface area contributed by atoms with Gasteiger partial charge in [0.25, 0.3) is 0 Å². The number of aromatic nitrogens is 3. The van der Waals surface area contributed by atoms with Crippen molar-refractivity contribution >= 4 is 11.6 Å². The molecule has 0 atom stereocenters. The Bertz CT molecular complexity index is 910. The third-order valence-electron chi connectivity index (χ3n) is 5.06. The van der Waals surface area contributed by atoms with Gasteiger partial charge in [0.2, 0.25) is 0 Å². The average Bonchev–Trinajstić information content (AvgIpc) is 2.94. The summed E-state index contributed by atoms with van der Waals surface area (Å²) in [6.07, 6.45) is 5.60. The van der Waals surface area contributed by atoms with Gasteiger partial charge in [0.15, 0.2) is 0 Å². The second kappa shape index (κ2) is 9.22. The normalized spacial score (nSPS) is 13.8. The van der Waals surface area contributed by atoms with Gasteiger partial charge in [0.1, 0.15) is 23.1 Å². The predicted molar refractivity (Wildman–Crippen MR) is 111 cm³/mol. The van der Waals surface area contributed by atoms with E-state index in [0.717, 1.165) is 54.6 Å². The molecule has 6 heteroatoms. The molecule has 0 bridgehead atoms. The number of fused-ring (bicyclic) bond motifs is 1. The highest BCUT2D eigenvalue weighted by molar-refractivity contribution is 6.31. The Kier molecular flexibility index (Phi) is 6.24. The van der Waals surface area contributed by atoms with Crippen molar-refractivity contribution in [3.63, 3.8) is 0 Å². The lowest BCUT2D eigenvalue weighted by atomic mass is 10.2. The first-order valence-electron chi connectivity index (χ1n) is 9.93. The quantitative estimate of drug-likeness (QED) is 0.584. The van der Waals surface area contributed by atoms with Crippen molar-refractivity contribution in [3.8, 4) is 11.5 Å². The van der Waals surface area contributed by atoms with Crippen molar-refractivity contribution in [2.75, 3.05) is 6.54 Å². The zero-order valence-corrected chi connectivity index (χ0v) is 16.7. The molecule has 146 valence electrons. The van der Waals surface area contributed by atoms with Gasteiger partial charge in [-0.1, -0.05) is 42.3 Å². The van der Waals surface area contributed by atoms with E-state index < -0.39 is 0 Å². The van der Waals surface area contributed by atoms with E-state index in [-0.39, 0.29) is 0 Å². The van der Waals surface area contributed by atoms with Gasteiger partial charge in [-0.2, -0.15) is 0 Å². The van der Waals surface area contributed by atoms with Crippen LogP contribution in [0.1, 0.15) is 36.5 Å². The molecule has 5 nitrogen and oxygen atoms in total. The number of hydrogen-bond donors (Lipinski definition) is 1. The Morgan fingerprint density at radius 3 is 2.79 bits per heavy atom. The third-order valence-corrected chi connectivity index (χ3v) is 5.41. The third kappa shape index (κ3) is 4.54. The first-order chi connectivity index (χ1) is 13.8. The molecule has 1 aliphatic heterocycles. The van der Waals surface area contributed by atoms with Crippen molar-refractivity contribution in [2.45, 2.75) is 45.2 Å². The van der Waals surface area contributed by atoms with Crippen molar-refractivity contribution in [3.05, 3.63) is 70.8 Å². The fourth-order valence-corrected chi connectivity index (χ4v) is 3.80. The lowest BCUT2D eigenvalue weighted by molar-refractivity contribution is 0.472. The Morgan fingerprint density at radius 2 is 1.89 bits per heavy atom. The monoisotopic (exact) mass is 396 g/mol. The smallest absolute Gasteiger partial charge is 0.134 e. The number of nitrogens with one attached hydrogen (secondary N) is 1. The van der Waals surface area contributed by atoms with Gasteiger partial charge in [0.05, 0.1) is 0 Å². The summed E-state index contributed by atoms with van der Waals surface area (Å²) < 4.78 is 8.33. The van der Waals surface area contributed by atoms with Crippen LogP contribution in [0.3, 0.4) is 0 Å². The van der Waals surface area contributed by atoms with E-state index in [0.29, 0.717) is 11.6 Å². The van der Waals surface area contributed by atoms with Crippen LogP contribution in [-0.2, 0) is 25.9 Å². The molecule has 0 amide bonds. The number of para-hydroxylation sites is 1. The molecule has 1 aromatic heterocycles. The molecule has 28 heavy (non-hydrogen) atoms. The Balaban J connectivity index is 1.37. The van der Waals surface area contributed by atoms with Crippen molar-refractivity contribution in [1.82, 2.24) is 20.1 Å². The molecule has 2 aromatic carbocycles. The van der Waals surface area contributed by atoms with Gasteiger partial charge in [-0.25, -0.2) is 0 Å². The van der Waals surface area contributed by atoms with E-state index >= 15 is 0 Å². The minimum Gasteiger partial charge on any atom is -0.457 e. The summed E-state index contributed by atoms with van der Waals surface area (Å²) in [7, 11) is 0. The molecule has 0 unspecified atom stereocenters. The van der Waals surface area contributed by atoms with Gasteiger partial charge in [-0.3, -0.25) is 0 Å². The molecular formula is C22H25ClN4O. The van der Waals surface area contributed by atoms with Crippen LogP contribution in [0.5, 0.6) is 11.5 Å². The van der Waals surface area contributed by atoms with E-state index in [1.807, 2.05) is 48.5 Å². The number of halogens is 1. The number of nitrogens with zero attached hydrogens (tertiary/aromatic N) is 3. The number of benzene rings is 2. The number of hydrogen-bond acceptors (Lipinski definition) is 4. The van der Waals surface area contributed by atoms with Crippen LogP contribution >= 0.6 is 11.6 Å². The van der Waals surface area contributed by atoms with Crippen LogP contribution < -0.4 is 10.1 Å². The Morgan fingerprint density at radius 1 is 1.00 bits per heavy atom. The predicted octanol–water partition coefficient (Wildman–Crippen LogP) is 4.78. The molecule has 0 radical (unpaired) electrons. The fraction of sp³-hybridized carbons (Fsp3) is 0.364. The maximum Gasteiger partial charge on any atom is 0.134 e. The molecule has 0 saturated carbocycles. The van der Waals surface area contributed by atoms with Gasteiger partial charge in [-0.15, -0.1) is 10.2 Å². The summed E-state index contributed by atoms with van der Waals surface area (Å²) in [5.74, 6) is 3.79. The molecule has 1 N–H and O–H groups in total. The number of ether oxygens (including phenoxy) is 1. The topological polar surface area (TPSA) is 52.0 Å². The van der Waals surface area contributed by atoms with Crippen LogP contribution in [-0.4, -0.2) is 21.3 Å². The molecule has 0 saturated heterocycles. The molecule has 2 heterocycles. The van der Waals surface area contributed by atoms with Gasteiger partial charge >= 0.3 is 0 Å². The SMILES string of the molecule is Clc1cccc(Oc2ccccc2)c1CNCCc1nnc2n1CCCCC2. The number of rotatable bonds is 7. The van der Waals surface area contributed by atoms with Crippen LogP contribution in [0, 0.1) is 0 Å². The molecule has 0 spiro atoms. The fourth-order valence-electron chi connectivity index (χ4n) is 3.57. The lowest BCUT2D eigenvalue weighted by Crippen LogP contribution is -2.19. The maximum absolute atomic E-state index is 6.44. The van der Waals surface area contributed by atoms with Crippen molar-refractivity contribution < 1.29 is 4.74 Å². The highest BCUT2D eigenvalue weighted by atomic mass is 35.5. The van der Waals surface area contributed by atoms with Crippen molar-refractivity contribution in [2.24, 2.45) is 0 Å². The summed E-state index contributed by atoms with van der Waals surface area (Å²) in [6, 6.07) is 15.5. The number of aryl methyl sites for hydroxylation is 1. The standard InChI is InChI=1S/C22H25ClN4O/c23-19-10-7-11-20(28-17-8-3-1-4-9-17)18(19)16-24-14-13-22-26-25-21-12-5-2-6-15-27(21)22/h1,3-4,7-11,24H,2,5-6,12-16H2. The first-order valence-corrected chi connectivity index (χ1v) is 10.3.